The Morgan fingerprint density at radius 2 is 1.96 bits per heavy atom. The Hall–Kier alpha value is -3.03. The van der Waals surface area contributed by atoms with Gasteiger partial charge in [0.25, 0.3) is 5.91 Å². The predicted molar refractivity (Wildman–Crippen MR) is 81.7 cm³/mol. The molecule has 0 aliphatic rings. The summed E-state index contributed by atoms with van der Waals surface area (Å²) in [6.07, 6.45) is -4.46. The fourth-order valence-corrected chi connectivity index (χ4v) is 2.09. The van der Waals surface area contributed by atoms with Crippen molar-refractivity contribution in [1.29, 1.82) is 0 Å². The number of nitrogens with zero attached hydrogens (tertiary/aromatic N) is 1. The molecule has 1 amide bonds. The highest BCUT2D eigenvalue weighted by molar-refractivity contribution is 5.92. The number of amides is 1. The van der Waals surface area contributed by atoms with Gasteiger partial charge in [0.15, 0.2) is 6.61 Å². The predicted octanol–water partition coefficient (Wildman–Crippen LogP) is 3.60. The first kappa shape index (κ1) is 15.9. The largest absolute Gasteiger partial charge is 0.484 e. The number of para-hydroxylation sites is 2. The number of H-pyrrole nitrogens is 1. The minimum atomic E-state index is -4.46. The van der Waals surface area contributed by atoms with Crippen LogP contribution in [0.15, 0.2) is 48.5 Å². The van der Waals surface area contributed by atoms with Crippen LogP contribution in [0.5, 0.6) is 5.75 Å². The van der Waals surface area contributed by atoms with Crippen molar-refractivity contribution in [1.82, 2.24) is 9.97 Å². The minimum Gasteiger partial charge on any atom is -0.484 e. The number of hydrogen-bond donors (Lipinski definition) is 2. The van der Waals surface area contributed by atoms with E-state index in [-0.39, 0.29) is 11.7 Å². The molecule has 0 radical (unpaired) electrons. The molecule has 5 nitrogen and oxygen atoms in total. The second-order valence-electron chi connectivity index (χ2n) is 4.97. The Morgan fingerprint density at radius 1 is 1.17 bits per heavy atom. The number of hydrogen-bond acceptors (Lipinski definition) is 3. The fraction of sp³-hybridized carbons (Fsp3) is 0.125. The van der Waals surface area contributed by atoms with E-state index in [0.717, 1.165) is 17.6 Å². The fourth-order valence-electron chi connectivity index (χ4n) is 2.09. The molecule has 8 heteroatoms. The first-order valence-corrected chi connectivity index (χ1v) is 6.96. The lowest BCUT2D eigenvalue weighted by Crippen LogP contribution is -2.21. The van der Waals surface area contributed by atoms with Crippen molar-refractivity contribution in [2.24, 2.45) is 0 Å². The molecule has 0 atom stereocenters. The van der Waals surface area contributed by atoms with E-state index in [1.807, 2.05) is 12.1 Å². The van der Waals surface area contributed by atoms with Crippen molar-refractivity contribution in [2.45, 2.75) is 6.18 Å². The Kier molecular flexibility index (Phi) is 4.11. The van der Waals surface area contributed by atoms with E-state index < -0.39 is 24.3 Å². The molecule has 0 saturated carbocycles. The average molecular weight is 335 g/mol. The number of carbonyl (C=O) groups excluding carboxylic acids is 1. The SMILES string of the molecule is O=C(COc1cccc(C(F)(F)F)c1)Nc1nc2ccccc2[nH]1. The Bertz CT molecular complexity index is 841. The summed E-state index contributed by atoms with van der Waals surface area (Å²) in [6.45, 7) is -0.432. The minimum absolute atomic E-state index is 0.0374. The molecule has 1 aromatic heterocycles. The molecule has 1 heterocycles. The van der Waals surface area contributed by atoms with Crippen molar-refractivity contribution in [3.05, 3.63) is 54.1 Å². The molecule has 3 aromatic rings. The second-order valence-corrected chi connectivity index (χ2v) is 4.97. The van der Waals surface area contributed by atoms with Gasteiger partial charge in [0.05, 0.1) is 16.6 Å². The first-order chi connectivity index (χ1) is 11.4. The lowest BCUT2D eigenvalue weighted by molar-refractivity contribution is -0.137. The maximum atomic E-state index is 12.6. The van der Waals surface area contributed by atoms with Gasteiger partial charge in [-0.3, -0.25) is 10.1 Å². The Labute approximate surface area is 134 Å². The number of aromatic nitrogens is 2. The van der Waals surface area contributed by atoms with Crippen LogP contribution >= 0.6 is 0 Å². The van der Waals surface area contributed by atoms with Crippen LogP contribution < -0.4 is 10.1 Å². The summed E-state index contributed by atoms with van der Waals surface area (Å²) in [4.78, 5) is 18.9. The van der Waals surface area contributed by atoms with Crippen molar-refractivity contribution in [2.75, 3.05) is 11.9 Å². The summed E-state index contributed by atoms with van der Waals surface area (Å²) in [5.74, 6) is -0.329. The number of benzene rings is 2. The van der Waals surface area contributed by atoms with Crippen LogP contribution in [0, 0.1) is 0 Å². The molecular weight excluding hydrogens is 323 g/mol. The average Bonchev–Trinajstić information content (AvgIpc) is 2.94. The molecule has 0 unspecified atom stereocenters. The zero-order valence-corrected chi connectivity index (χ0v) is 12.2. The van der Waals surface area contributed by atoms with Gasteiger partial charge in [-0.15, -0.1) is 0 Å². The molecule has 0 spiro atoms. The van der Waals surface area contributed by atoms with Crippen LogP contribution in [0.25, 0.3) is 11.0 Å². The van der Waals surface area contributed by atoms with Gasteiger partial charge in [-0.1, -0.05) is 18.2 Å². The van der Waals surface area contributed by atoms with E-state index in [4.69, 9.17) is 4.74 Å². The van der Waals surface area contributed by atoms with Crippen molar-refractivity contribution in [3.8, 4) is 5.75 Å². The molecule has 2 N–H and O–H groups in total. The summed E-state index contributed by atoms with van der Waals surface area (Å²) in [5.41, 5.74) is 0.607. The van der Waals surface area contributed by atoms with Gasteiger partial charge in [-0.2, -0.15) is 13.2 Å². The summed E-state index contributed by atoms with van der Waals surface area (Å²) < 4.78 is 42.9. The topological polar surface area (TPSA) is 67.0 Å². The molecule has 0 saturated heterocycles. The number of alkyl halides is 3. The normalized spacial score (nSPS) is 11.5. The summed E-state index contributed by atoms with van der Waals surface area (Å²) in [7, 11) is 0. The van der Waals surface area contributed by atoms with Gasteiger partial charge in [0.2, 0.25) is 5.95 Å². The third kappa shape index (κ3) is 3.65. The first-order valence-electron chi connectivity index (χ1n) is 6.96. The highest BCUT2D eigenvalue weighted by Gasteiger charge is 2.30. The van der Waals surface area contributed by atoms with Crippen molar-refractivity contribution < 1.29 is 22.7 Å². The smallest absolute Gasteiger partial charge is 0.416 e. The zero-order valence-electron chi connectivity index (χ0n) is 12.2. The van der Waals surface area contributed by atoms with Crippen LogP contribution in [0.2, 0.25) is 0 Å². The van der Waals surface area contributed by atoms with E-state index in [9.17, 15) is 18.0 Å². The van der Waals surface area contributed by atoms with Crippen LogP contribution in [-0.2, 0) is 11.0 Å². The molecule has 0 aliphatic carbocycles. The maximum absolute atomic E-state index is 12.6. The maximum Gasteiger partial charge on any atom is 0.416 e. The highest BCUT2D eigenvalue weighted by atomic mass is 19.4. The standard InChI is InChI=1S/C16H12F3N3O2/c17-16(18,19)10-4-3-5-11(8-10)24-9-14(23)22-15-20-12-6-1-2-7-13(12)21-15/h1-8H,9H2,(H2,20,21,22,23). The molecule has 3 rings (SSSR count). The van der Waals surface area contributed by atoms with Crippen molar-refractivity contribution in [3.63, 3.8) is 0 Å². The molecular formula is C16H12F3N3O2. The van der Waals surface area contributed by atoms with Gasteiger partial charge < -0.3 is 9.72 Å². The quantitative estimate of drug-likeness (QED) is 0.765. The summed E-state index contributed by atoms with van der Waals surface area (Å²) in [5, 5.41) is 2.49. The Morgan fingerprint density at radius 3 is 2.71 bits per heavy atom. The lowest BCUT2D eigenvalue weighted by Gasteiger charge is -2.09. The van der Waals surface area contributed by atoms with E-state index in [1.165, 1.54) is 12.1 Å². The third-order valence-corrected chi connectivity index (χ3v) is 3.18. The van der Waals surface area contributed by atoms with E-state index in [2.05, 4.69) is 15.3 Å². The van der Waals surface area contributed by atoms with E-state index in [1.54, 1.807) is 12.1 Å². The van der Waals surface area contributed by atoms with Gasteiger partial charge in [-0.05, 0) is 30.3 Å². The number of nitrogens with one attached hydrogen (secondary N) is 2. The molecule has 24 heavy (non-hydrogen) atoms. The Balaban J connectivity index is 1.61. The van der Waals surface area contributed by atoms with Gasteiger partial charge in [0.1, 0.15) is 5.75 Å². The molecule has 2 aromatic carbocycles. The number of ether oxygens (including phenoxy) is 1. The van der Waals surface area contributed by atoms with Gasteiger partial charge in [-0.25, -0.2) is 4.98 Å². The summed E-state index contributed by atoms with van der Waals surface area (Å²) in [6, 6.07) is 11.6. The number of rotatable bonds is 4. The molecule has 0 bridgehead atoms. The highest BCUT2D eigenvalue weighted by Crippen LogP contribution is 2.31. The van der Waals surface area contributed by atoms with E-state index >= 15 is 0 Å². The van der Waals surface area contributed by atoms with Gasteiger partial charge >= 0.3 is 6.18 Å². The van der Waals surface area contributed by atoms with Crippen LogP contribution in [0.1, 0.15) is 5.56 Å². The molecule has 0 aliphatic heterocycles. The van der Waals surface area contributed by atoms with Crippen LogP contribution in [-0.4, -0.2) is 22.5 Å². The molecule has 0 fully saturated rings. The second kappa shape index (κ2) is 6.23. The van der Waals surface area contributed by atoms with Crippen LogP contribution in [0.4, 0.5) is 19.1 Å². The number of fused-ring (bicyclic) bond motifs is 1. The number of anilines is 1. The molecule has 124 valence electrons. The monoisotopic (exact) mass is 335 g/mol. The zero-order chi connectivity index (χ0) is 17.2. The number of carbonyl (C=O) groups is 1. The third-order valence-electron chi connectivity index (χ3n) is 3.18. The summed E-state index contributed by atoms with van der Waals surface area (Å²) >= 11 is 0. The van der Waals surface area contributed by atoms with Gasteiger partial charge in [0, 0.05) is 0 Å². The van der Waals surface area contributed by atoms with Crippen LogP contribution in [0.3, 0.4) is 0 Å². The van der Waals surface area contributed by atoms with E-state index in [0.29, 0.717) is 5.52 Å². The number of imidazole rings is 1. The van der Waals surface area contributed by atoms with Crippen molar-refractivity contribution >= 4 is 22.9 Å². The number of aromatic amines is 1. The lowest BCUT2D eigenvalue weighted by atomic mass is 10.2. The number of halogens is 3.